The van der Waals surface area contributed by atoms with Gasteiger partial charge in [0.05, 0.1) is 12.6 Å². The second kappa shape index (κ2) is 5.88. The highest BCUT2D eigenvalue weighted by Gasteiger charge is 2.26. The van der Waals surface area contributed by atoms with Crippen LogP contribution in [0.25, 0.3) is 0 Å². The van der Waals surface area contributed by atoms with E-state index < -0.39 is 5.41 Å². The van der Waals surface area contributed by atoms with Gasteiger partial charge in [0.1, 0.15) is 0 Å². The molecule has 7 heteroatoms. The van der Waals surface area contributed by atoms with Crippen molar-refractivity contribution in [3.05, 3.63) is 11.7 Å². The molecule has 20 heavy (non-hydrogen) atoms. The van der Waals surface area contributed by atoms with E-state index in [1.165, 1.54) is 0 Å². The molecule has 2 N–H and O–H groups in total. The van der Waals surface area contributed by atoms with Gasteiger partial charge in [-0.25, -0.2) is 0 Å². The number of piperazine rings is 1. The third-order valence-corrected chi connectivity index (χ3v) is 3.37. The van der Waals surface area contributed by atoms with E-state index in [4.69, 9.17) is 4.52 Å². The molecule has 7 nitrogen and oxygen atoms in total. The van der Waals surface area contributed by atoms with Gasteiger partial charge in [0, 0.05) is 25.0 Å². The van der Waals surface area contributed by atoms with Crippen LogP contribution in [0.1, 0.15) is 38.5 Å². The Kier molecular flexibility index (Phi) is 4.39. The highest BCUT2D eigenvalue weighted by Crippen LogP contribution is 2.17. The van der Waals surface area contributed by atoms with E-state index in [1.54, 1.807) is 0 Å². The zero-order chi connectivity index (χ0) is 14.8. The number of carbonyl (C=O) groups excluding carboxylic acids is 1. The molecule has 1 unspecified atom stereocenters. The predicted molar refractivity (Wildman–Crippen MR) is 73.8 cm³/mol. The number of rotatable bonds is 3. The zero-order valence-corrected chi connectivity index (χ0v) is 12.6. The molecular weight excluding hydrogens is 258 g/mol. The molecule has 0 saturated carbocycles. The van der Waals surface area contributed by atoms with Crippen molar-refractivity contribution in [3.8, 4) is 0 Å². The van der Waals surface area contributed by atoms with Gasteiger partial charge in [0.15, 0.2) is 5.82 Å². The van der Waals surface area contributed by atoms with Gasteiger partial charge in [0.25, 0.3) is 0 Å². The molecule has 1 atom stereocenters. The number of amides is 1. The Morgan fingerprint density at radius 2 is 2.30 bits per heavy atom. The van der Waals surface area contributed by atoms with Crippen LogP contribution in [0.15, 0.2) is 4.52 Å². The second-order valence-corrected chi connectivity index (χ2v) is 6.18. The Balaban J connectivity index is 1.94. The number of nitrogens with one attached hydrogen (secondary N) is 2. The number of aromatic nitrogens is 2. The summed E-state index contributed by atoms with van der Waals surface area (Å²) in [6.07, 6.45) is 0. The molecule has 0 aromatic carbocycles. The molecule has 112 valence electrons. The van der Waals surface area contributed by atoms with Crippen LogP contribution >= 0.6 is 0 Å². The van der Waals surface area contributed by atoms with E-state index in [9.17, 15) is 4.79 Å². The molecule has 1 amide bonds. The third-order valence-electron chi connectivity index (χ3n) is 3.37. The number of carbonyl (C=O) groups is 1. The van der Waals surface area contributed by atoms with Crippen molar-refractivity contribution in [1.29, 1.82) is 0 Å². The van der Waals surface area contributed by atoms with E-state index >= 15 is 0 Å². The minimum Gasteiger partial charge on any atom is -0.347 e. The number of hydrogen-bond donors (Lipinski definition) is 2. The van der Waals surface area contributed by atoms with Gasteiger partial charge in [0.2, 0.25) is 11.8 Å². The van der Waals surface area contributed by atoms with Crippen LogP contribution in [-0.2, 0) is 11.3 Å². The molecule has 0 aliphatic carbocycles. The fourth-order valence-electron chi connectivity index (χ4n) is 1.99. The van der Waals surface area contributed by atoms with Gasteiger partial charge < -0.3 is 15.2 Å². The summed E-state index contributed by atoms with van der Waals surface area (Å²) in [6.45, 7) is 8.60. The quantitative estimate of drug-likeness (QED) is 0.829. The van der Waals surface area contributed by atoms with E-state index in [0.717, 1.165) is 19.6 Å². The first kappa shape index (κ1) is 14.9. The number of nitrogens with zero attached hydrogens (tertiary/aromatic N) is 3. The largest absolute Gasteiger partial charge is 0.347 e. The lowest BCUT2D eigenvalue weighted by Crippen LogP contribution is -2.44. The monoisotopic (exact) mass is 281 g/mol. The summed E-state index contributed by atoms with van der Waals surface area (Å²) in [5, 5.41) is 10.1. The number of likely N-dealkylation sites (N-methyl/N-ethyl adjacent to an activating group) is 1. The topological polar surface area (TPSA) is 83.3 Å². The van der Waals surface area contributed by atoms with Gasteiger partial charge in [-0.1, -0.05) is 25.9 Å². The van der Waals surface area contributed by atoms with E-state index in [-0.39, 0.29) is 18.5 Å². The predicted octanol–water partition coefficient (Wildman–Crippen LogP) is 0.308. The SMILES string of the molecule is CN1CCNCC1c1noc(CNC(=O)C(C)(C)C)n1. The Morgan fingerprint density at radius 3 is 2.95 bits per heavy atom. The van der Waals surface area contributed by atoms with Gasteiger partial charge in [-0.15, -0.1) is 0 Å². The van der Waals surface area contributed by atoms with Crippen molar-refractivity contribution < 1.29 is 9.32 Å². The molecule has 0 radical (unpaired) electrons. The average molecular weight is 281 g/mol. The standard InChI is InChI=1S/C13H23N5O2/c1-13(2,3)12(19)15-8-10-16-11(17-20-10)9-7-14-5-6-18(9)4/h9,14H,5-8H2,1-4H3,(H,15,19). The van der Waals surface area contributed by atoms with Gasteiger partial charge in [-0.2, -0.15) is 4.98 Å². The van der Waals surface area contributed by atoms with Crippen molar-refractivity contribution >= 4 is 5.91 Å². The first-order valence-corrected chi connectivity index (χ1v) is 6.89. The first-order chi connectivity index (χ1) is 9.38. The Hall–Kier alpha value is -1.47. The highest BCUT2D eigenvalue weighted by molar-refractivity contribution is 5.81. The molecule has 2 heterocycles. The summed E-state index contributed by atoms with van der Waals surface area (Å²) in [4.78, 5) is 18.3. The molecular formula is C13H23N5O2. The number of hydrogen-bond acceptors (Lipinski definition) is 6. The summed E-state index contributed by atoms with van der Waals surface area (Å²) in [7, 11) is 2.04. The molecule has 2 rings (SSSR count). The van der Waals surface area contributed by atoms with Crippen molar-refractivity contribution in [3.63, 3.8) is 0 Å². The smallest absolute Gasteiger partial charge is 0.246 e. The van der Waals surface area contributed by atoms with E-state index in [0.29, 0.717) is 11.7 Å². The van der Waals surface area contributed by atoms with Crippen molar-refractivity contribution in [2.75, 3.05) is 26.7 Å². The fraction of sp³-hybridized carbons (Fsp3) is 0.769. The van der Waals surface area contributed by atoms with Gasteiger partial charge in [-0.3, -0.25) is 9.69 Å². The maximum Gasteiger partial charge on any atom is 0.246 e. The van der Waals surface area contributed by atoms with Crippen LogP contribution in [-0.4, -0.2) is 47.6 Å². The summed E-state index contributed by atoms with van der Waals surface area (Å²) < 4.78 is 5.20. The van der Waals surface area contributed by atoms with Crippen LogP contribution in [0.4, 0.5) is 0 Å². The Morgan fingerprint density at radius 1 is 1.55 bits per heavy atom. The van der Waals surface area contributed by atoms with E-state index in [1.807, 2.05) is 27.8 Å². The van der Waals surface area contributed by atoms with Crippen molar-refractivity contribution in [2.45, 2.75) is 33.4 Å². The van der Waals surface area contributed by atoms with Crippen molar-refractivity contribution in [1.82, 2.24) is 25.7 Å². The third kappa shape index (κ3) is 3.55. The van der Waals surface area contributed by atoms with Crippen LogP contribution < -0.4 is 10.6 Å². The van der Waals surface area contributed by atoms with Gasteiger partial charge >= 0.3 is 0 Å². The van der Waals surface area contributed by atoms with E-state index in [2.05, 4.69) is 25.7 Å². The molecule has 1 aromatic rings. The molecule has 1 saturated heterocycles. The first-order valence-electron chi connectivity index (χ1n) is 6.89. The maximum atomic E-state index is 11.8. The maximum absolute atomic E-state index is 11.8. The van der Waals surface area contributed by atoms with Crippen LogP contribution in [0, 0.1) is 5.41 Å². The second-order valence-electron chi connectivity index (χ2n) is 6.18. The average Bonchev–Trinajstić information content (AvgIpc) is 2.84. The highest BCUT2D eigenvalue weighted by atomic mass is 16.5. The van der Waals surface area contributed by atoms with Crippen LogP contribution in [0.5, 0.6) is 0 Å². The fourth-order valence-corrected chi connectivity index (χ4v) is 1.99. The minimum absolute atomic E-state index is 0.0336. The summed E-state index contributed by atoms with van der Waals surface area (Å²) in [5.41, 5.74) is -0.420. The molecule has 1 aliphatic rings. The molecule has 0 bridgehead atoms. The molecule has 1 aromatic heterocycles. The lowest BCUT2D eigenvalue weighted by atomic mass is 9.96. The van der Waals surface area contributed by atoms with Crippen LogP contribution in [0.2, 0.25) is 0 Å². The Labute approximate surface area is 119 Å². The van der Waals surface area contributed by atoms with Crippen molar-refractivity contribution in [2.24, 2.45) is 5.41 Å². The Bertz CT molecular complexity index is 466. The molecule has 1 aliphatic heterocycles. The minimum atomic E-state index is -0.420. The normalized spacial score (nSPS) is 20.9. The molecule has 1 fully saturated rings. The van der Waals surface area contributed by atoms with Gasteiger partial charge in [-0.05, 0) is 7.05 Å². The summed E-state index contributed by atoms with van der Waals surface area (Å²) >= 11 is 0. The summed E-state index contributed by atoms with van der Waals surface area (Å²) in [6, 6.07) is 0.125. The zero-order valence-electron chi connectivity index (χ0n) is 12.6. The lowest BCUT2D eigenvalue weighted by molar-refractivity contribution is -0.128. The lowest BCUT2D eigenvalue weighted by Gasteiger charge is -2.30. The van der Waals surface area contributed by atoms with Crippen LogP contribution in [0.3, 0.4) is 0 Å². The molecule has 0 spiro atoms. The summed E-state index contributed by atoms with van der Waals surface area (Å²) in [5.74, 6) is 1.07.